The van der Waals surface area contributed by atoms with Crippen molar-refractivity contribution in [2.45, 2.75) is 77.2 Å². The number of hydrogen-bond donors (Lipinski definition) is 2. The summed E-state index contributed by atoms with van der Waals surface area (Å²) in [5, 5.41) is 12.1. The molecule has 0 aromatic carbocycles. The second kappa shape index (κ2) is 8.51. The van der Waals surface area contributed by atoms with Crippen molar-refractivity contribution in [3.8, 4) is 0 Å². The summed E-state index contributed by atoms with van der Waals surface area (Å²) >= 11 is 0. The lowest BCUT2D eigenvalue weighted by Crippen LogP contribution is -2.36. The molecule has 1 aliphatic carbocycles. The van der Waals surface area contributed by atoms with Crippen LogP contribution in [-0.2, 0) is 0 Å². The van der Waals surface area contributed by atoms with E-state index in [0.29, 0.717) is 11.6 Å². The Balaban J connectivity index is 2.47. The topological polar surface area (TPSA) is 58.6 Å². The molecule has 1 rings (SSSR count). The first-order valence-electron chi connectivity index (χ1n) is 7.20. The molecule has 1 atom stereocenters. The minimum atomic E-state index is -0.0549. The van der Waals surface area contributed by atoms with Crippen molar-refractivity contribution >= 4 is 5.71 Å². The second-order valence-corrected chi connectivity index (χ2v) is 5.43. The maximum atomic E-state index is 8.82. The first kappa shape index (κ1) is 14.5. The third-order valence-electron chi connectivity index (χ3n) is 4.05. The minimum Gasteiger partial charge on any atom is -0.411 e. The molecule has 3 heteroatoms. The van der Waals surface area contributed by atoms with E-state index >= 15 is 0 Å². The van der Waals surface area contributed by atoms with Gasteiger partial charge in [-0.05, 0) is 25.7 Å². The van der Waals surface area contributed by atoms with Crippen molar-refractivity contribution in [1.29, 1.82) is 0 Å². The van der Waals surface area contributed by atoms with Gasteiger partial charge in [-0.15, -0.1) is 0 Å². The standard InChI is InChI=1S/C14H28N2O/c1-12(16-17)14(15)13-10-8-6-4-2-3-5-7-9-11-13/h13-14,17H,2-11,15H2,1H3/b16-12+. The zero-order valence-electron chi connectivity index (χ0n) is 11.2. The van der Waals surface area contributed by atoms with Crippen molar-refractivity contribution in [1.82, 2.24) is 0 Å². The van der Waals surface area contributed by atoms with E-state index < -0.39 is 0 Å². The number of oxime groups is 1. The van der Waals surface area contributed by atoms with Crippen molar-refractivity contribution in [3.05, 3.63) is 0 Å². The monoisotopic (exact) mass is 240 g/mol. The predicted molar refractivity (Wildman–Crippen MR) is 72.5 cm³/mol. The van der Waals surface area contributed by atoms with Crippen LogP contribution in [0.5, 0.6) is 0 Å². The van der Waals surface area contributed by atoms with Crippen LogP contribution in [0.1, 0.15) is 71.1 Å². The Bertz CT molecular complexity index is 216. The molecule has 0 saturated heterocycles. The van der Waals surface area contributed by atoms with E-state index in [1.165, 1.54) is 64.2 Å². The smallest absolute Gasteiger partial charge is 0.0709 e. The van der Waals surface area contributed by atoms with Gasteiger partial charge >= 0.3 is 0 Å². The highest BCUT2D eigenvalue weighted by Crippen LogP contribution is 2.23. The Kier molecular flexibility index (Phi) is 7.25. The molecular weight excluding hydrogens is 212 g/mol. The van der Waals surface area contributed by atoms with Gasteiger partial charge in [-0.25, -0.2) is 0 Å². The summed E-state index contributed by atoms with van der Waals surface area (Å²) in [6.07, 6.45) is 13.1. The molecule has 0 amide bonds. The Morgan fingerprint density at radius 1 is 1.00 bits per heavy atom. The lowest BCUT2D eigenvalue weighted by molar-refractivity contribution is 0.310. The molecule has 3 nitrogen and oxygen atoms in total. The Hall–Kier alpha value is -0.570. The van der Waals surface area contributed by atoms with Gasteiger partial charge in [-0.1, -0.05) is 56.5 Å². The van der Waals surface area contributed by atoms with Crippen LogP contribution in [0, 0.1) is 5.92 Å². The summed E-state index contributed by atoms with van der Waals surface area (Å²) in [6.45, 7) is 1.83. The SMILES string of the molecule is C/C(=N\O)C(N)C1CCCCCCCCCC1. The molecule has 0 aromatic heterocycles. The highest BCUT2D eigenvalue weighted by molar-refractivity contribution is 5.86. The van der Waals surface area contributed by atoms with Gasteiger partial charge in [0.1, 0.15) is 0 Å². The summed E-state index contributed by atoms with van der Waals surface area (Å²) < 4.78 is 0. The van der Waals surface area contributed by atoms with E-state index in [1.54, 1.807) is 0 Å². The summed E-state index contributed by atoms with van der Waals surface area (Å²) in [5.74, 6) is 0.504. The number of nitrogens with zero attached hydrogens (tertiary/aromatic N) is 1. The fraction of sp³-hybridized carbons (Fsp3) is 0.929. The lowest BCUT2D eigenvalue weighted by Gasteiger charge is -2.23. The zero-order valence-corrected chi connectivity index (χ0v) is 11.2. The molecule has 17 heavy (non-hydrogen) atoms. The van der Waals surface area contributed by atoms with Crippen LogP contribution in [0.25, 0.3) is 0 Å². The van der Waals surface area contributed by atoms with E-state index in [2.05, 4.69) is 5.16 Å². The molecule has 0 bridgehead atoms. The van der Waals surface area contributed by atoms with Gasteiger partial charge in [-0.3, -0.25) is 0 Å². The van der Waals surface area contributed by atoms with Gasteiger partial charge in [0.15, 0.2) is 0 Å². The van der Waals surface area contributed by atoms with Gasteiger partial charge < -0.3 is 10.9 Å². The summed E-state index contributed by atoms with van der Waals surface area (Å²) in [5.41, 5.74) is 6.85. The van der Waals surface area contributed by atoms with E-state index in [9.17, 15) is 0 Å². The normalized spacial score (nSPS) is 24.0. The van der Waals surface area contributed by atoms with Crippen molar-refractivity contribution in [2.24, 2.45) is 16.8 Å². The molecular formula is C14H28N2O. The molecule has 1 unspecified atom stereocenters. The summed E-state index contributed by atoms with van der Waals surface area (Å²) in [6, 6.07) is -0.0549. The van der Waals surface area contributed by atoms with Crippen molar-refractivity contribution in [2.75, 3.05) is 0 Å². The molecule has 1 aliphatic rings. The molecule has 0 aromatic rings. The largest absolute Gasteiger partial charge is 0.411 e. The Morgan fingerprint density at radius 2 is 1.41 bits per heavy atom. The fourth-order valence-electron chi connectivity index (χ4n) is 2.78. The molecule has 100 valence electrons. The number of hydrogen-bond acceptors (Lipinski definition) is 3. The summed E-state index contributed by atoms with van der Waals surface area (Å²) in [4.78, 5) is 0. The summed E-state index contributed by atoms with van der Waals surface area (Å²) in [7, 11) is 0. The van der Waals surface area contributed by atoms with Crippen LogP contribution in [-0.4, -0.2) is 17.0 Å². The molecule has 0 heterocycles. The Morgan fingerprint density at radius 3 is 1.82 bits per heavy atom. The predicted octanol–water partition coefficient (Wildman–Crippen LogP) is 3.69. The zero-order chi connectivity index (χ0) is 12.5. The van der Waals surface area contributed by atoms with Crippen molar-refractivity contribution in [3.63, 3.8) is 0 Å². The molecule has 1 saturated carbocycles. The third-order valence-corrected chi connectivity index (χ3v) is 4.05. The molecule has 0 aliphatic heterocycles. The van der Waals surface area contributed by atoms with E-state index in [4.69, 9.17) is 10.9 Å². The van der Waals surface area contributed by atoms with Crippen LogP contribution in [0.4, 0.5) is 0 Å². The molecule has 3 N–H and O–H groups in total. The highest BCUT2D eigenvalue weighted by atomic mass is 16.4. The molecule has 1 fully saturated rings. The van der Waals surface area contributed by atoms with E-state index in [0.717, 1.165) is 0 Å². The third kappa shape index (κ3) is 5.53. The quantitative estimate of drug-likeness (QED) is 0.439. The lowest BCUT2D eigenvalue weighted by atomic mass is 9.87. The Labute approximate surface area is 105 Å². The van der Waals surface area contributed by atoms with Crippen molar-refractivity contribution < 1.29 is 5.21 Å². The highest BCUT2D eigenvalue weighted by Gasteiger charge is 2.20. The van der Waals surface area contributed by atoms with Crippen LogP contribution < -0.4 is 5.73 Å². The van der Waals surface area contributed by atoms with Gasteiger partial charge in [0.2, 0.25) is 0 Å². The van der Waals surface area contributed by atoms with Gasteiger partial charge in [0.25, 0.3) is 0 Å². The fourth-order valence-corrected chi connectivity index (χ4v) is 2.78. The van der Waals surface area contributed by atoms with Crippen LogP contribution in [0.2, 0.25) is 0 Å². The minimum absolute atomic E-state index is 0.0549. The van der Waals surface area contributed by atoms with E-state index in [-0.39, 0.29) is 6.04 Å². The van der Waals surface area contributed by atoms with Crippen LogP contribution in [0.15, 0.2) is 5.16 Å². The maximum absolute atomic E-state index is 8.82. The number of rotatable bonds is 2. The van der Waals surface area contributed by atoms with E-state index in [1.807, 2.05) is 6.92 Å². The van der Waals surface area contributed by atoms with Crippen LogP contribution in [0.3, 0.4) is 0 Å². The van der Waals surface area contributed by atoms with Gasteiger partial charge in [-0.2, -0.15) is 0 Å². The van der Waals surface area contributed by atoms with Gasteiger partial charge in [0, 0.05) is 6.04 Å². The second-order valence-electron chi connectivity index (χ2n) is 5.43. The maximum Gasteiger partial charge on any atom is 0.0709 e. The van der Waals surface area contributed by atoms with Gasteiger partial charge in [0.05, 0.1) is 5.71 Å². The van der Waals surface area contributed by atoms with Crippen LogP contribution >= 0.6 is 0 Å². The average Bonchev–Trinajstić information content (AvgIpc) is 2.41. The molecule has 0 spiro atoms. The first-order valence-corrected chi connectivity index (χ1v) is 7.20. The first-order chi connectivity index (χ1) is 8.25. The average molecular weight is 240 g/mol. The number of nitrogens with two attached hydrogens (primary N) is 1. The molecule has 0 radical (unpaired) electrons.